The van der Waals surface area contributed by atoms with Crippen molar-refractivity contribution in [2.75, 3.05) is 6.54 Å². The van der Waals surface area contributed by atoms with Crippen molar-refractivity contribution in [2.24, 2.45) is 0 Å². The zero-order valence-corrected chi connectivity index (χ0v) is 16.1. The van der Waals surface area contributed by atoms with Crippen LogP contribution in [0.15, 0.2) is 60.7 Å². The number of hydrogen-bond acceptors (Lipinski definition) is 2. The molecule has 0 aliphatic heterocycles. The van der Waals surface area contributed by atoms with Gasteiger partial charge in [0.2, 0.25) is 11.8 Å². The van der Waals surface area contributed by atoms with E-state index in [0.717, 1.165) is 11.1 Å². The van der Waals surface area contributed by atoms with Crippen LogP contribution in [-0.2, 0) is 9.59 Å². The summed E-state index contributed by atoms with van der Waals surface area (Å²) >= 11 is 0. The highest BCUT2D eigenvalue weighted by Crippen LogP contribution is 2.17. The third kappa shape index (κ3) is 6.15. The summed E-state index contributed by atoms with van der Waals surface area (Å²) in [7, 11) is 0. The minimum Gasteiger partial charge on any atom is -0.356 e. The number of alkyl halides is 2. The molecule has 0 radical (unpaired) electrons. The van der Waals surface area contributed by atoms with Crippen molar-refractivity contribution in [3.05, 3.63) is 71.8 Å². The molecule has 2 aromatic rings. The molecule has 2 amide bonds. The SMILES string of the molecule is CC(C(=O)NCCC(NC(=O)C(C)c1ccccc1)C(F)F)c1ccccc1. The molecule has 0 spiro atoms. The normalized spacial score (nSPS) is 14.2. The maximum atomic E-state index is 13.3. The summed E-state index contributed by atoms with van der Waals surface area (Å²) in [6.07, 6.45) is -2.76. The quantitative estimate of drug-likeness (QED) is 0.686. The number of carbonyl (C=O) groups is 2. The van der Waals surface area contributed by atoms with Gasteiger partial charge in [0.05, 0.1) is 17.9 Å². The lowest BCUT2D eigenvalue weighted by Gasteiger charge is -2.21. The fourth-order valence-corrected chi connectivity index (χ4v) is 2.86. The second-order valence-electron chi connectivity index (χ2n) is 6.79. The first-order valence-electron chi connectivity index (χ1n) is 9.36. The van der Waals surface area contributed by atoms with Crippen LogP contribution >= 0.6 is 0 Å². The van der Waals surface area contributed by atoms with E-state index < -0.39 is 24.3 Å². The Bertz CT molecular complexity index is 754. The third-order valence-electron chi connectivity index (χ3n) is 4.77. The van der Waals surface area contributed by atoms with Gasteiger partial charge in [0.1, 0.15) is 0 Å². The van der Waals surface area contributed by atoms with Gasteiger partial charge in [-0.2, -0.15) is 0 Å². The van der Waals surface area contributed by atoms with E-state index in [4.69, 9.17) is 0 Å². The first kappa shape index (κ1) is 21.5. The van der Waals surface area contributed by atoms with E-state index in [1.165, 1.54) is 0 Å². The standard InChI is InChI=1S/C22H26F2N2O2/c1-15(17-9-5-3-6-10-17)21(27)25-14-13-19(20(23)24)26-22(28)16(2)18-11-7-4-8-12-18/h3-12,15-16,19-20H,13-14H2,1-2H3,(H,25,27)(H,26,28). The van der Waals surface area contributed by atoms with Crippen LogP contribution in [0.4, 0.5) is 8.78 Å². The summed E-state index contributed by atoms with van der Waals surface area (Å²) in [5, 5.41) is 5.09. The fourth-order valence-electron chi connectivity index (χ4n) is 2.86. The van der Waals surface area contributed by atoms with Crippen LogP contribution in [0.25, 0.3) is 0 Å². The maximum absolute atomic E-state index is 13.3. The van der Waals surface area contributed by atoms with Crippen molar-refractivity contribution in [1.29, 1.82) is 0 Å². The smallest absolute Gasteiger partial charge is 0.258 e. The minimum absolute atomic E-state index is 0.0435. The van der Waals surface area contributed by atoms with Gasteiger partial charge in [0.25, 0.3) is 6.43 Å². The highest BCUT2D eigenvalue weighted by atomic mass is 19.3. The molecule has 150 valence electrons. The average Bonchev–Trinajstić information content (AvgIpc) is 2.72. The minimum atomic E-state index is -2.71. The van der Waals surface area contributed by atoms with Crippen LogP contribution in [0.2, 0.25) is 0 Å². The van der Waals surface area contributed by atoms with Gasteiger partial charge in [-0.15, -0.1) is 0 Å². The Morgan fingerprint density at radius 2 is 1.29 bits per heavy atom. The van der Waals surface area contributed by atoms with E-state index in [1.807, 2.05) is 36.4 Å². The monoisotopic (exact) mass is 388 g/mol. The maximum Gasteiger partial charge on any atom is 0.258 e. The molecule has 0 aliphatic carbocycles. The Balaban J connectivity index is 1.85. The molecule has 2 N–H and O–H groups in total. The Morgan fingerprint density at radius 3 is 1.75 bits per heavy atom. The van der Waals surface area contributed by atoms with Crippen LogP contribution in [0.5, 0.6) is 0 Å². The number of nitrogens with one attached hydrogen (secondary N) is 2. The Labute approximate surface area is 164 Å². The van der Waals surface area contributed by atoms with E-state index >= 15 is 0 Å². The molecule has 6 heteroatoms. The van der Waals surface area contributed by atoms with Gasteiger partial charge in [-0.3, -0.25) is 9.59 Å². The van der Waals surface area contributed by atoms with Gasteiger partial charge in [-0.25, -0.2) is 8.78 Å². The predicted molar refractivity (Wildman–Crippen MR) is 105 cm³/mol. The summed E-state index contributed by atoms with van der Waals surface area (Å²) < 4.78 is 26.7. The number of hydrogen-bond donors (Lipinski definition) is 2. The van der Waals surface area contributed by atoms with Crippen LogP contribution in [0.1, 0.15) is 43.2 Å². The summed E-state index contributed by atoms with van der Waals surface area (Å²) in [6, 6.07) is 16.9. The van der Waals surface area contributed by atoms with Crippen LogP contribution in [0, 0.1) is 0 Å². The van der Waals surface area contributed by atoms with E-state index in [1.54, 1.807) is 38.1 Å². The molecule has 0 saturated heterocycles. The summed E-state index contributed by atoms with van der Waals surface area (Å²) in [5.74, 6) is -1.60. The first-order chi connectivity index (χ1) is 13.4. The molecular formula is C22H26F2N2O2. The molecule has 3 unspecified atom stereocenters. The molecule has 0 heterocycles. The lowest BCUT2D eigenvalue weighted by atomic mass is 9.99. The molecule has 3 atom stereocenters. The van der Waals surface area contributed by atoms with Gasteiger partial charge in [0.15, 0.2) is 0 Å². The fraction of sp³-hybridized carbons (Fsp3) is 0.364. The van der Waals surface area contributed by atoms with Crippen molar-refractivity contribution in [3.8, 4) is 0 Å². The second kappa shape index (κ2) is 10.5. The number of halogens is 2. The Kier molecular flexibility index (Phi) is 8.11. The highest BCUT2D eigenvalue weighted by Gasteiger charge is 2.25. The van der Waals surface area contributed by atoms with Crippen LogP contribution in [0.3, 0.4) is 0 Å². The van der Waals surface area contributed by atoms with Crippen molar-refractivity contribution < 1.29 is 18.4 Å². The second-order valence-corrected chi connectivity index (χ2v) is 6.79. The van der Waals surface area contributed by atoms with E-state index in [2.05, 4.69) is 10.6 Å². The van der Waals surface area contributed by atoms with E-state index in [0.29, 0.717) is 0 Å². The van der Waals surface area contributed by atoms with Crippen molar-refractivity contribution in [3.63, 3.8) is 0 Å². The average molecular weight is 388 g/mol. The molecular weight excluding hydrogens is 362 g/mol. The topological polar surface area (TPSA) is 58.2 Å². The lowest BCUT2D eigenvalue weighted by Crippen LogP contribution is -2.44. The first-order valence-corrected chi connectivity index (χ1v) is 9.36. The zero-order valence-electron chi connectivity index (χ0n) is 16.1. The molecule has 0 bridgehead atoms. The third-order valence-corrected chi connectivity index (χ3v) is 4.77. The van der Waals surface area contributed by atoms with Gasteiger partial charge in [-0.1, -0.05) is 60.7 Å². The van der Waals surface area contributed by atoms with Gasteiger partial charge < -0.3 is 10.6 Å². The highest BCUT2D eigenvalue weighted by molar-refractivity contribution is 5.84. The van der Waals surface area contributed by atoms with Crippen molar-refractivity contribution >= 4 is 11.8 Å². The van der Waals surface area contributed by atoms with Crippen molar-refractivity contribution in [1.82, 2.24) is 10.6 Å². The molecule has 2 rings (SSSR count). The molecule has 0 aliphatic rings. The van der Waals surface area contributed by atoms with Crippen LogP contribution < -0.4 is 10.6 Å². The largest absolute Gasteiger partial charge is 0.356 e. The van der Waals surface area contributed by atoms with Crippen LogP contribution in [-0.4, -0.2) is 30.8 Å². The van der Waals surface area contributed by atoms with Gasteiger partial charge in [0, 0.05) is 6.54 Å². The lowest BCUT2D eigenvalue weighted by molar-refractivity contribution is -0.124. The number of amides is 2. The number of carbonyl (C=O) groups excluding carboxylic acids is 2. The molecule has 4 nitrogen and oxygen atoms in total. The Morgan fingerprint density at radius 1 is 0.821 bits per heavy atom. The summed E-state index contributed by atoms with van der Waals surface area (Å²) in [5.41, 5.74) is 1.62. The molecule has 0 aromatic heterocycles. The van der Waals surface area contributed by atoms with E-state index in [-0.39, 0.29) is 24.8 Å². The molecule has 2 aromatic carbocycles. The zero-order chi connectivity index (χ0) is 20.5. The van der Waals surface area contributed by atoms with Crippen molar-refractivity contribution in [2.45, 2.75) is 44.6 Å². The molecule has 28 heavy (non-hydrogen) atoms. The number of benzene rings is 2. The molecule has 0 saturated carbocycles. The summed E-state index contributed by atoms with van der Waals surface area (Å²) in [4.78, 5) is 24.5. The summed E-state index contributed by atoms with van der Waals surface area (Å²) in [6.45, 7) is 3.50. The molecule has 0 fully saturated rings. The predicted octanol–water partition coefficient (Wildman–Crippen LogP) is 3.85. The van der Waals surface area contributed by atoms with E-state index in [9.17, 15) is 18.4 Å². The Hall–Kier alpha value is -2.76. The van der Waals surface area contributed by atoms with Gasteiger partial charge in [-0.05, 0) is 31.4 Å². The number of rotatable bonds is 9. The van der Waals surface area contributed by atoms with Gasteiger partial charge >= 0.3 is 0 Å².